The standard InChI is InChI=1S/C18H21ClN2O3S/c1-5-24-17(23)14-11-25-15(20-14)10-21(18(2,3)4)16(22)12-8-6-7-9-13(12)19/h6-9,11H,5,10H2,1-4H3. The number of esters is 1. The number of thiazole rings is 1. The Morgan fingerprint density at radius 3 is 2.56 bits per heavy atom. The SMILES string of the molecule is CCOC(=O)c1csc(CN(C(=O)c2ccccc2Cl)C(C)(C)C)n1. The maximum Gasteiger partial charge on any atom is 0.357 e. The Balaban J connectivity index is 2.26. The van der Waals surface area contributed by atoms with Crippen LogP contribution in [0.2, 0.25) is 5.02 Å². The van der Waals surface area contributed by atoms with Crippen molar-refractivity contribution in [1.82, 2.24) is 9.88 Å². The highest BCUT2D eigenvalue weighted by Gasteiger charge is 2.29. The lowest BCUT2D eigenvalue weighted by molar-refractivity contribution is 0.0520. The Bertz CT molecular complexity index is 768. The van der Waals surface area contributed by atoms with Crippen molar-refractivity contribution in [2.45, 2.75) is 39.8 Å². The van der Waals surface area contributed by atoms with Crippen LogP contribution in [0, 0.1) is 0 Å². The van der Waals surface area contributed by atoms with Gasteiger partial charge in [-0.05, 0) is 39.8 Å². The fourth-order valence-electron chi connectivity index (χ4n) is 2.21. The monoisotopic (exact) mass is 380 g/mol. The Labute approximate surface area is 156 Å². The van der Waals surface area contributed by atoms with Crippen molar-refractivity contribution >= 4 is 34.8 Å². The molecular weight excluding hydrogens is 360 g/mol. The second-order valence-electron chi connectivity index (χ2n) is 6.39. The number of carbonyl (C=O) groups excluding carboxylic acids is 2. The fraction of sp³-hybridized carbons (Fsp3) is 0.389. The average Bonchev–Trinajstić information content (AvgIpc) is 3.00. The topological polar surface area (TPSA) is 59.5 Å². The van der Waals surface area contributed by atoms with Crippen LogP contribution in [0.1, 0.15) is 53.5 Å². The van der Waals surface area contributed by atoms with Gasteiger partial charge < -0.3 is 9.64 Å². The van der Waals surface area contributed by atoms with E-state index in [2.05, 4.69) is 4.98 Å². The third-order valence-corrected chi connectivity index (χ3v) is 4.65. The van der Waals surface area contributed by atoms with Crippen molar-refractivity contribution in [2.75, 3.05) is 6.61 Å². The van der Waals surface area contributed by atoms with E-state index in [0.717, 1.165) is 0 Å². The van der Waals surface area contributed by atoms with Crippen LogP contribution in [-0.4, -0.2) is 33.9 Å². The molecule has 25 heavy (non-hydrogen) atoms. The second kappa shape index (κ2) is 7.97. The van der Waals surface area contributed by atoms with Crippen LogP contribution in [-0.2, 0) is 11.3 Å². The van der Waals surface area contributed by atoms with Crippen LogP contribution in [0.3, 0.4) is 0 Å². The molecule has 1 heterocycles. The Kier molecular flexibility index (Phi) is 6.19. The van der Waals surface area contributed by atoms with Crippen LogP contribution >= 0.6 is 22.9 Å². The highest BCUT2D eigenvalue weighted by atomic mass is 35.5. The molecule has 0 atom stereocenters. The van der Waals surface area contributed by atoms with Crippen molar-refractivity contribution < 1.29 is 14.3 Å². The number of nitrogens with zero attached hydrogens (tertiary/aromatic N) is 2. The van der Waals surface area contributed by atoms with Crippen LogP contribution in [0.4, 0.5) is 0 Å². The van der Waals surface area contributed by atoms with Gasteiger partial charge in [0.15, 0.2) is 5.69 Å². The molecule has 7 heteroatoms. The van der Waals surface area contributed by atoms with Gasteiger partial charge in [-0.1, -0.05) is 23.7 Å². The first-order valence-electron chi connectivity index (χ1n) is 7.92. The van der Waals surface area contributed by atoms with E-state index < -0.39 is 11.5 Å². The summed E-state index contributed by atoms with van der Waals surface area (Å²) in [5.41, 5.74) is 0.272. The zero-order valence-electron chi connectivity index (χ0n) is 14.7. The van der Waals surface area contributed by atoms with Crippen LogP contribution in [0.5, 0.6) is 0 Å². The first-order valence-corrected chi connectivity index (χ1v) is 9.17. The van der Waals surface area contributed by atoms with Gasteiger partial charge in [-0.2, -0.15) is 0 Å². The number of hydrogen-bond donors (Lipinski definition) is 0. The second-order valence-corrected chi connectivity index (χ2v) is 7.74. The van der Waals surface area contributed by atoms with E-state index in [4.69, 9.17) is 16.3 Å². The molecule has 1 aromatic heterocycles. The number of aromatic nitrogens is 1. The molecule has 0 saturated heterocycles. The average molecular weight is 381 g/mol. The van der Waals surface area contributed by atoms with Crippen LogP contribution in [0.25, 0.3) is 0 Å². The molecule has 0 aliphatic carbocycles. The van der Waals surface area contributed by atoms with E-state index in [-0.39, 0.29) is 18.1 Å². The summed E-state index contributed by atoms with van der Waals surface area (Å²) in [6.07, 6.45) is 0. The van der Waals surface area contributed by atoms with Gasteiger partial charge in [0.05, 0.1) is 23.7 Å². The molecule has 5 nitrogen and oxygen atoms in total. The molecule has 0 fully saturated rings. The smallest absolute Gasteiger partial charge is 0.357 e. The molecule has 0 radical (unpaired) electrons. The zero-order chi connectivity index (χ0) is 18.6. The van der Waals surface area contributed by atoms with E-state index >= 15 is 0 Å². The van der Waals surface area contributed by atoms with Gasteiger partial charge in [-0.3, -0.25) is 4.79 Å². The van der Waals surface area contributed by atoms with Crippen molar-refractivity contribution in [3.05, 3.63) is 50.9 Å². The first-order chi connectivity index (χ1) is 11.7. The zero-order valence-corrected chi connectivity index (χ0v) is 16.3. The van der Waals surface area contributed by atoms with E-state index in [1.165, 1.54) is 11.3 Å². The van der Waals surface area contributed by atoms with Gasteiger partial charge in [0, 0.05) is 10.9 Å². The van der Waals surface area contributed by atoms with Gasteiger partial charge in [0.2, 0.25) is 0 Å². The van der Waals surface area contributed by atoms with Gasteiger partial charge in [0.1, 0.15) is 5.01 Å². The molecule has 0 bridgehead atoms. The van der Waals surface area contributed by atoms with Crippen molar-refractivity contribution in [3.8, 4) is 0 Å². The van der Waals surface area contributed by atoms with E-state index in [9.17, 15) is 9.59 Å². The van der Waals surface area contributed by atoms with Gasteiger partial charge >= 0.3 is 5.97 Å². The summed E-state index contributed by atoms with van der Waals surface area (Å²) in [6.45, 7) is 8.17. The molecule has 0 aliphatic heterocycles. The Morgan fingerprint density at radius 2 is 1.96 bits per heavy atom. The summed E-state index contributed by atoms with van der Waals surface area (Å²) >= 11 is 7.50. The lowest BCUT2D eigenvalue weighted by Crippen LogP contribution is -2.45. The molecular formula is C18H21ClN2O3S. The van der Waals surface area contributed by atoms with E-state index in [1.54, 1.807) is 41.5 Å². The summed E-state index contributed by atoms with van der Waals surface area (Å²) < 4.78 is 4.95. The number of carbonyl (C=O) groups is 2. The molecule has 0 saturated carbocycles. The summed E-state index contributed by atoms with van der Waals surface area (Å²) in [5, 5.41) is 2.72. The quantitative estimate of drug-likeness (QED) is 0.720. The highest BCUT2D eigenvalue weighted by Crippen LogP contribution is 2.25. The summed E-state index contributed by atoms with van der Waals surface area (Å²) in [7, 11) is 0. The lowest BCUT2D eigenvalue weighted by atomic mass is 10.0. The number of halogens is 1. The van der Waals surface area contributed by atoms with Crippen LogP contribution < -0.4 is 0 Å². The molecule has 0 aliphatic rings. The Hall–Kier alpha value is -1.92. The minimum atomic E-state index is -0.454. The maximum atomic E-state index is 13.0. The highest BCUT2D eigenvalue weighted by molar-refractivity contribution is 7.09. The molecule has 2 aromatic rings. The van der Waals surface area contributed by atoms with Gasteiger partial charge in [0.25, 0.3) is 5.91 Å². The maximum absolute atomic E-state index is 13.0. The minimum Gasteiger partial charge on any atom is -0.461 e. The lowest BCUT2D eigenvalue weighted by Gasteiger charge is -2.35. The van der Waals surface area contributed by atoms with Gasteiger partial charge in [-0.25, -0.2) is 9.78 Å². The Morgan fingerprint density at radius 1 is 1.28 bits per heavy atom. The largest absolute Gasteiger partial charge is 0.461 e. The van der Waals surface area contributed by atoms with Crippen LogP contribution in [0.15, 0.2) is 29.6 Å². The minimum absolute atomic E-state index is 0.175. The van der Waals surface area contributed by atoms with E-state index in [0.29, 0.717) is 22.2 Å². The molecule has 134 valence electrons. The van der Waals surface area contributed by atoms with E-state index in [1.807, 2.05) is 20.8 Å². The number of benzene rings is 1. The molecule has 1 amide bonds. The van der Waals surface area contributed by atoms with Crippen molar-refractivity contribution in [1.29, 1.82) is 0 Å². The third kappa shape index (κ3) is 4.80. The number of rotatable bonds is 5. The summed E-state index contributed by atoms with van der Waals surface area (Å²) in [4.78, 5) is 30.7. The summed E-state index contributed by atoms with van der Waals surface area (Å²) in [5.74, 6) is -0.629. The third-order valence-electron chi connectivity index (χ3n) is 3.49. The normalized spacial score (nSPS) is 11.2. The number of ether oxygens (including phenoxy) is 1. The first kappa shape index (κ1) is 19.4. The molecule has 0 unspecified atom stereocenters. The van der Waals surface area contributed by atoms with Crippen molar-refractivity contribution in [2.24, 2.45) is 0 Å². The number of amides is 1. The summed E-state index contributed by atoms with van der Waals surface area (Å²) in [6, 6.07) is 6.96. The molecule has 1 aromatic carbocycles. The molecule has 0 N–H and O–H groups in total. The van der Waals surface area contributed by atoms with Gasteiger partial charge in [-0.15, -0.1) is 11.3 Å². The molecule has 2 rings (SSSR count). The van der Waals surface area contributed by atoms with Crippen molar-refractivity contribution in [3.63, 3.8) is 0 Å². The molecule has 0 spiro atoms. The predicted octanol–water partition coefficient (Wildman–Crippen LogP) is 4.41. The fourth-order valence-corrected chi connectivity index (χ4v) is 3.18. The number of hydrogen-bond acceptors (Lipinski definition) is 5. The predicted molar refractivity (Wildman–Crippen MR) is 99.1 cm³/mol.